The van der Waals surface area contributed by atoms with E-state index >= 15 is 0 Å². The fraction of sp³-hybridized carbons (Fsp3) is 0.857. The standard InChI is InChI=1S/C14H25NO2/c16-13(10-15-12-6-4-5-7-12)11-17-14-8-2-1-3-9-14/h4-5,12-16H,1-3,6-11H2. The van der Waals surface area contributed by atoms with Gasteiger partial charge in [0.15, 0.2) is 0 Å². The molecule has 0 aromatic heterocycles. The first-order valence-electron chi connectivity index (χ1n) is 7.02. The van der Waals surface area contributed by atoms with Crippen molar-refractivity contribution in [2.24, 2.45) is 0 Å². The van der Waals surface area contributed by atoms with Crippen LogP contribution in [0.1, 0.15) is 44.9 Å². The molecule has 1 saturated carbocycles. The van der Waals surface area contributed by atoms with Gasteiger partial charge in [0, 0.05) is 12.6 Å². The highest BCUT2D eigenvalue weighted by atomic mass is 16.5. The van der Waals surface area contributed by atoms with Crippen molar-refractivity contribution in [3.63, 3.8) is 0 Å². The Morgan fingerprint density at radius 1 is 1.18 bits per heavy atom. The molecule has 2 aliphatic rings. The number of aliphatic hydroxyl groups excluding tert-OH is 1. The summed E-state index contributed by atoms with van der Waals surface area (Å²) in [7, 11) is 0. The molecular weight excluding hydrogens is 214 g/mol. The number of rotatable bonds is 6. The summed E-state index contributed by atoms with van der Waals surface area (Å²) in [4.78, 5) is 0. The predicted molar refractivity (Wildman–Crippen MR) is 69.0 cm³/mol. The molecular formula is C14H25NO2. The van der Waals surface area contributed by atoms with Gasteiger partial charge in [-0.3, -0.25) is 0 Å². The SMILES string of the molecule is OC(CNC1CC=CC1)COC1CCCCC1. The van der Waals surface area contributed by atoms with Crippen LogP contribution in [-0.4, -0.2) is 36.5 Å². The molecule has 3 heteroatoms. The van der Waals surface area contributed by atoms with Gasteiger partial charge in [0.05, 0.1) is 18.8 Å². The van der Waals surface area contributed by atoms with E-state index in [0.29, 0.717) is 25.3 Å². The minimum atomic E-state index is -0.363. The second-order valence-electron chi connectivity index (χ2n) is 5.30. The molecule has 0 aromatic carbocycles. The molecule has 0 radical (unpaired) electrons. The van der Waals surface area contributed by atoms with E-state index in [-0.39, 0.29) is 6.10 Å². The van der Waals surface area contributed by atoms with Crippen molar-refractivity contribution < 1.29 is 9.84 Å². The van der Waals surface area contributed by atoms with Crippen molar-refractivity contribution in [1.82, 2.24) is 5.32 Å². The van der Waals surface area contributed by atoms with Crippen LogP contribution in [0.3, 0.4) is 0 Å². The van der Waals surface area contributed by atoms with E-state index in [2.05, 4.69) is 17.5 Å². The van der Waals surface area contributed by atoms with Crippen LogP contribution in [0.2, 0.25) is 0 Å². The monoisotopic (exact) mass is 239 g/mol. The molecule has 1 unspecified atom stereocenters. The second kappa shape index (κ2) is 7.14. The van der Waals surface area contributed by atoms with Crippen molar-refractivity contribution >= 4 is 0 Å². The maximum atomic E-state index is 9.83. The van der Waals surface area contributed by atoms with E-state index in [1.807, 2.05) is 0 Å². The Morgan fingerprint density at radius 3 is 2.59 bits per heavy atom. The van der Waals surface area contributed by atoms with Gasteiger partial charge in [-0.1, -0.05) is 31.4 Å². The summed E-state index contributed by atoms with van der Waals surface area (Å²) >= 11 is 0. The summed E-state index contributed by atoms with van der Waals surface area (Å²) in [6.45, 7) is 1.14. The lowest BCUT2D eigenvalue weighted by Crippen LogP contribution is -2.37. The van der Waals surface area contributed by atoms with Crippen LogP contribution in [0.4, 0.5) is 0 Å². The second-order valence-corrected chi connectivity index (χ2v) is 5.30. The zero-order valence-corrected chi connectivity index (χ0v) is 10.6. The third-order valence-electron chi connectivity index (χ3n) is 3.73. The van der Waals surface area contributed by atoms with E-state index in [0.717, 1.165) is 12.8 Å². The summed E-state index contributed by atoms with van der Waals surface area (Å²) in [5.74, 6) is 0. The molecule has 2 rings (SSSR count). The highest BCUT2D eigenvalue weighted by Crippen LogP contribution is 2.20. The van der Waals surface area contributed by atoms with Gasteiger partial charge in [-0.2, -0.15) is 0 Å². The minimum absolute atomic E-state index is 0.363. The molecule has 1 atom stereocenters. The van der Waals surface area contributed by atoms with Crippen LogP contribution in [0.25, 0.3) is 0 Å². The Balaban J connectivity index is 1.52. The quantitative estimate of drug-likeness (QED) is 0.697. The highest BCUT2D eigenvalue weighted by Gasteiger charge is 2.16. The van der Waals surface area contributed by atoms with Crippen molar-refractivity contribution in [3.8, 4) is 0 Å². The molecule has 0 amide bonds. The Morgan fingerprint density at radius 2 is 1.88 bits per heavy atom. The molecule has 0 aromatic rings. The van der Waals surface area contributed by atoms with E-state index < -0.39 is 0 Å². The number of hydrogen-bond acceptors (Lipinski definition) is 3. The summed E-state index contributed by atoms with van der Waals surface area (Å²) in [5, 5.41) is 13.2. The summed E-state index contributed by atoms with van der Waals surface area (Å²) in [6, 6.07) is 0.527. The molecule has 0 heterocycles. The fourth-order valence-electron chi connectivity index (χ4n) is 2.62. The first-order valence-corrected chi connectivity index (χ1v) is 7.02. The smallest absolute Gasteiger partial charge is 0.0897 e. The fourth-order valence-corrected chi connectivity index (χ4v) is 2.62. The van der Waals surface area contributed by atoms with E-state index in [9.17, 15) is 5.11 Å². The largest absolute Gasteiger partial charge is 0.389 e. The van der Waals surface area contributed by atoms with Crippen molar-refractivity contribution in [1.29, 1.82) is 0 Å². The molecule has 0 aliphatic heterocycles. The van der Waals surface area contributed by atoms with E-state index in [1.54, 1.807) is 0 Å². The number of hydrogen-bond donors (Lipinski definition) is 2. The van der Waals surface area contributed by atoms with Crippen molar-refractivity contribution in [3.05, 3.63) is 12.2 Å². The molecule has 0 saturated heterocycles. The molecule has 1 fully saturated rings. The van der Waals surface area contributed by atoms with E-state index in [4.69, 9.17) is 4.74 Å². The van der Waals surface area contributed by atoms with Gasteiger partial charge < -0.3 is 15.2 Å². The minimum Gasteiger partial charge on any atom is -0.389 e. The first-order chi connectivity index (χ1) is 8.34. The predicted octanol–water partition coefficient (Wildman–Crippen LogP) is 2.00. The van der Waals surface area contributed by atoms with Gasteiger partial charge in [0.1, 0.15) is 0 Å². The van der Waals surface area contributed by atoms with Gasteiger partial charge in [-0.05, 0) is 25.7 Å². The lowest BCUT2D eigenvalue weighted by molar-refractivity contribution is -0.0235. The van der Waals surface area contributed by atoms with Gasteiger partial charge in [-0.15, -0.1) is 0 Å². The molecule has 3 nitrogen and oxygen atoms in total. The summed E-state index contributed by atoms with van der Waals surface area (Å²) in [5.41, 5.74) is 0. The molecule has 0 bridgehead atoms. The number of ether oxygens (including phenoxy) is 1. The summed E-state index contributed by atoms with van der Waals surface area (Å²) in [6.07, 6.45) is 12.9. The lowest BCUT2D eigenvalue weighted by atomic mass is 9.98. The molecule has 2 N–H and O–H groups in total. The molecule has 98 valence electrons. The maximum Gasteiger partial charge on any atom is 0.0897 e. The zero-order chi connectivity index (χ0) is 11.9. The Bertz CT molecular complexity index is 228. The Hall–Kier alpha value is -0.380. The third-order valence-corrected chi connectivity index (χ3v) is 3.73. The van der Waals surface area contributed by atoms with Gasteiger partial charge in [-0.25, -0.2) is 0 Å². The van der Waals surface area contributed by atoms with Crippen molar-refractivity contribution in [2.45, 2.75) is 63.2 Å². The molecule has 17 heavy (non-hydrogen) atoms. The van der Waals surface area contributed by atoms with Crippen LogP contribution in [0.15, 0.2) is 12.2 Å². The number of aliphatic hydroxyl groups is 1. The Labute approximate surface area is 104 Å². The van der Waals surface area contributed by atoms with Crippen LogP contribution in [0.5, 0.6) is 0 Å². The summed E-state index contributed by atoms with van der Waals surface area (Å²) < 4.78 is 5.75. The van der Waals surface area contributed by atoms with Crippen LogP contribution in [0, 0.1) is 0 Å². The first kappa shape index (κ1) is 13.1. The zero-order valence-electron chi connectivity index (χ0n) is 10.6. The maximum absolute atomic E-state index is 9.83. The van der Waals surface area contributed by atoms with Crippen LogP contribution in [-0.2, 0) is 4.74 Å². The van der Waals surface area contributed by atoms with Gasteiger partial charge in [0.25, 0.3) is 0 Å². The normalized spacial score (nSPS) is 24.3. The lowest BCUT2D eigenvalue weighted by Gasteiger charge is -2.24. The van der Waals surface area contributed by atoms with Crippen LogP contribution < -0.4 is 5.32 Å². The third kappa shape index (κ3) is 4.78. The topological polar surface area (TPSA) is 41.5 Å². The highest BCUT2D eigenvalue weighted by molar-refractivity contribution is 4.97. The average Bonchev–Trinajstić information content (AvgIpc) is 2.88. The van der Waals surface area contributed by atoms with Gasteiger partial charge >= 0.3 is 0 Å². The van der Waals surface area contributed by atoms with Gasteiger partial charge in [0.2, 0.25) is 0 Å². The van der Waals surface area contributed by atoms with Crippen molar-refractivity contribution in [2.75, 3.05) is 13.2 Å². The molecule has 0 spiro atoms. The Kier molecular flexibility index (Phi) is 5.49. The van der Waals surface area contributed by atoms with Crippen LogP contribution >= 0.6 is 0 Å². The number of nitrogens with one attached hydrogen (secondary N) is 1. The molecule has 2 aliphatic carbocycles. The van der Waals surface area contributed by atoms with E-state index in [1.165, 1.54) is 32.1 Å². The average molecular weight is 239 g/mol.